The number of nitro groups is 1. The molecule has 0 fully saturated rings. The van der Waals surface area contributed by atoms with Gasteiger partial charge in [0.1, 0.15) is 11.5 Å². The zero-order valence-electron chi connectivity index (χ0n) is 14.2. The third kappa shape index (κ3) is 6.85. The van der Waals surface area contributed by atoms with Crippen LogP contribution in [-0.4, -0.2) is 31.1 Å². The largest absolute Gasteiger partial charge is 0.495 e. The van der Waals surface area contributed by atoms with Gasteiger partial charge >= 0.3 is 6.18 Å². The molecule has 0 atom stereocenters. The molecule has 0 spiro atoms. The highest BCUT2D eigenvalue weighted by Crippen LogP contribution is 2.40. The molecule has 1 aromatic carbocycles. The first-order chi connectivity index (χ1) is 11.7. The normalized spacial score (nSPS) is 12.2. The number of hydrogen-bond acceptors (Lipinski definition) is 5. The molecule has 0 aromatic heterocycles. The van der Waals surface area contributed by atoms with Gasteiger partial charge < -0.3 is 9.47 Å². The highest BCUT2D eigenvalue weighted by Gasteiger charge is 2.26. The van der Waals surface area contributed by atoms with Gasteiger partial charge in [-0.05, 0) is 29.9 Å². The molecule has 0 aliphatic carbocycles. The second-order valence-corrected chi connectivity index (χ2v) is 6.17. The van der Waals surface area contributed by atoms with Crippen LogP contribution in [0.1, 0.15) is 31.7 Å². The topological polar surface area (TPSA) is 61.6 Å². The van der Waals surface area contributed by atoms with Crippen molar-refractivity contribution in [2.24, 2.45) is 0 Å². The van der Waals surface area contributed by atoms with E-state index >= 15 is 0 Å². The Morgan fingerprint density at radius 2 is 1.84 bits per heavy atom. The van der Waals surface area contributed by atoms with Gasteiger partial charge in [0, 0.05) is 18.9 Å². The molecule has 0 amide bonds. The van der Waals surface area contributed by atoms with Crippen LogP contribution in [0.15, 0.2) is 22.7 Å². The van der Waals surface area contributed by atoms with Gasteiger partial charge in [-0.25, -0.2) is 0 Å². The van der Waals surface area contributed by atoms with Crippen LogP contribution in [0.3, 0.4) is 0 Å². The standard InChI is InChI=1S/C16H20F3NO4S/c1-4-12(20(21)22)8-11-9-13(23-2)15(14(10-11)24-3)25-7-5-6-16(17,18)19/h8-10H,4-7H2,1-3H3. The van der Waals surface area contributed by atoms with Crippen molar-refractivity contribution in [3.8, 4) is 11.5 Å². The van der Waals surface area contributed by atoms with E-state index in [1.165, 1.54) is 32.1 Å². The van der Waals surface area contributed by atoms with Crippen LogP contribution >= 0.6 is 11.8 Å². The molecule has 0 heterocycles. The molecule has 0 radical (unpaired) electrons. The van der Waals surface area contributed by atoms with E-state index in [2.05, 4.69) is 0 Å². The summed E-state index contributed by atoms with van der Waals surface area (Å²) in [7, 11) is 2.85. The number of hydrogen-bond donors (Lipinski definition) is 0. The molecular weight excluding hydrogens is 359 g/mol. The zero-order chi connectivity index (χ0) is 19.0. The predicted octanol–water partition coefficient (Wildman–Crippen LogP) is 5.17. The monoisotopic (exact) mass is 379 g/mol. The van der Waals surface area contributed by atoms with E-state index in [1.54, 1.807) is 19.1 Å². The fourth-order valence-electron chi connectivity index (χ4n) is 2.05. The Balaban J connectivity index is 3.04. The molecule has 9 heteroatoms. The lowest BCUT2D eigenvalue weighted by Gasteiger charge is -2.14. The Labute approximate surface area is 148 Å². The van der Waals surface area contributed by atoms with Gasteiger partial charge in [0.25, 0.3) is 0 Å². The van der Waals surface area contributed by atoms with Crippen LogP contribution in [0.2, 0.25) is 0 Å². The van der Waals surface area contributed by atoms with Crippen molar-refractivity contribution in [3.05, 3.63) is 33.5 Å². The maximum absolute atomic E-state index is 12.2. The maximum Gasteiger partial charge on any atom is 0.389 e. The van der Waals surface area contributed by atoms with Gasteiger partial charge in [0.2, 0.25) is 5.70 Å². The Bertz CT molecular complexity index is 607. The van der Waals surface area contributed by atoms with Crippen molar-refractivity contribution in [1.29, 1.82) is 0 Å². The smallest absolute Gasteiger partial charge is 0.389 e. The Hall–Kier alpha value is -1.90. The van der Waals surface area contributed by atoms with Crippen molar-refractivity contribution in [2.75, 3.05) is 20.0 Å². The first kappa shape index (κ1) is 21.1. The maximum atomic E-state index is 12.2. The fraction of sp³-hybridized carbons (Fsp3) is 0.500. The van der Waals surface area contributed by atoms with Crippen LogP contribution in [0, 0.1) is 10.1 Å². The average Bonchev–Trinajstić information content (AvgIpc) is 2.55. The highest BCUT2D eigenvalue weighted by molar-refractivity contribution is 7.99. The fourth-order valence-corrected chi connectivity index (χ4v) is 3.11. The van der Waals surface area contributed by atoms with Crippen molar-refractivity contribution in [3.63, 3.8) is 0 Å². The summed E-state index contributed by atoms with van der Waals surface area (Å²) in [4.78, 5) is 11.1. The van der Waals surface area contributed by atoms with E-state index in [4.69, 9.17) is 9.47 Å². The number of methoxy groups -OCH3 is 2. The molecule has 5 nitrogen and oxygen atoms in total. The second-order valence-electron chi connectivity index (χ2n) is 5.07. The van der Waals surface area contributed by atoms with Crippen molar-refractivity contribution < 1.29 is 27.6 Å². The van der Waals surface area contributed by atoms with Crippen LogP contribution < -0.4 is 9.47 Å². The summed E-state index contributed by atoms with van der Waals surface area (Å²) in [5.41, 5.74) is 0.566. The number of benzene rings is 1. The molecule has 1 aromatic rings. The van der Waals surface area contributed by atoms with Crippen molar-refractivity contribution in [1.82, 2.24) is 0 Å². The highest BCUT2D eigenvalue weighted by atomic mass is 32.2. The number of alkyl halides is 3. The van der Waals surface area contributed by atoms with E-state index in [0.717, 1.165) is 0 Å². The van der Waals surface area contributed by atoms with E-state index in [0.29, 0.717) is 22.0 Å². The summed E-state index contributed by atoms with van der Waals surface area (Å²) in [5.74, 6) is 1.05. The van der Waals surface area contributed by atoms with E-state index in [9.17, 15) is 23.3 Å². The first-order valence-corrected chi connectivity index (χ1v) is 8.51. The lowest BCUT2D eigenvalue weighted by Crippen LogP contribution is -2.07. The Morgan fingerprint density at radius 1 is 1.28 bits per heavy atom. The minimum Gasteiger partial charge on any atom is -0.495 e. The summed E-state index contributed by atoms with van der Waals surface area (Å²) in [6.45, 7) is 1.67. The van der Waals surface area contributed by atoms with Crippen LogP contribution in [-0.2, 0) is 0 Å². The summed E-state index contributed by atoms with van der Waals surface area (Å²) >= 11 is 1.20. The summed E-state index contributed by atoms with van der Waals surface area (Å²) < 4.78 is 47.2. The van der Waals surface area contributed by atoms with Gasteiger partial charge in [-0.15, -0.1) is 11.8 Å². The third-order valence-corrected chi connectivity index (χ3v) is 4.45. The van der Waals surface area contributed by atoms with Gasteiger partial charge in [0.15, 0.2) is 0 Å². The number of nitrogens with zero attached hydrogens (tertiary/aromatic N) is 1. The zero-order valence-corrected chi connectivity index (χ0v) is 15.0. The second kappa shape index (κ2) is 9.55. The van der Waals surface area contributed by atoms with Crippen LogP contribution in [0.25, 0.3) is 6.08 Å². The molecule has 140 valence electrons. The molecule has 1 rings (SSSR count). The van der Waals surface area contributed by atoms with E-state index in [-0.39, 0.29) is 24.3 Å². The number of ether oxygens (including phenoxy) is 2. The molecule has 0 bridgehead atoms. The molecular formula is C16H20F3NO4S. The molecule has 0 saturated carbocycles. The molecule has 25 heavy (non-hydrogen) atoms. The number of halogens is 3. The third-order valence-electron chi connectivity index (χ3n) is 3.26. The lowest BCUT2D eigenvalue weighted by molar-refractivity contribution is -0.425. The Morgan fingerprint density at radius 3 is 2.24 bits per heavy atom. The van der Waals surface area contributed by atoms with E-state index < -0.39 is 17.5 Å². The number of allylic oxidation sites excluding steroid dienone is 1. The summed E-state index contributed by atoms with van der Waals surface area (Å²) in [5, 5.41) is 10.9. The minimum atomic E-state index is -4.18. The van der Waals surface area contributed by atoms with Gasteiger partial charge in [-0.1, -0.05) is 6.92 Å². The predicted molar refractivity (Wildman–Crippen MR) is 90.8 cm³/mol. The van der Waals surface area contributed by atoms with Crippen LogP contribution in [0.5, 0.6) is 11.5 Å². The van der Waals surface area contributed by atoms with Crippen molar-refractivity contribution >= 4 is 17.8 Å². The molecule has 0 N–H and O–H groups in total. The number of thioether (sulfide) groups is 1. The summed E-state index contributed by atoms with van der Waals surface area (Å²) in [6, 6.07) is 3.21. The quantitative estimate of drug-likeness (QED) is 0.256. The number of rotatable bonds is 9. The summed E-state index contributed by atoms with van der Waals surface area (Å²) in [6.07, 6.45) is -3.38. The van der Waals surface area contributed by atoms with Crippen LogP contribution in [0.4, 0.5) is 13.2 Å². The molecule has 0 unspecified atom stereocenters. The van der Waals surface area contributed by atoms with Gasteiger partial charge in [0.05, 0.1) is 24.0 Å². The Kier molecular flexibility index (Phi) is 8.08. The average molecular weight is 379 g/mol. The molecule has 0 saturated heterocycles. The molecule has 0 aliphatic heterocycles. The molecule has 0 aliphatic rings. The van der Waals surface area contributed by atoms with Gasteiger partial charge in [-0.3, -0.25) is 10.1 Å². The SMILES string of the molecule is CCC(=Cc1cc(OC)c(SCCCC(F)(F)F)c(OC)c1)[N+](=O)[O-]. The minimum absolute atomic E-state index is 0.0244. The van der Waals surface area contributed by atoms with Gasteiger partial charge in [-0.2, -0.15) is 13.2 Å². The van der Waals surface area contributed by atoms with E-state index in [1.807, 2.05) is 0 Å². The van der Waals surface area contributed by atoms with Crippen molar-refractivity contribution in [2.45, 2.75) is 37.3 Å². The lowest BCUT2D eigenvalue weighted by atomic mass is 10.1. The first-order valence-electron chi connectivity index (χ1n) is 7.52.